The summed E-state index contributed by atoms with van der Waals surface area (Å²) in [6, 6.07) is 21.3. The van der Waals surface area contributed by atoms with Crippen LogP contribution in [0.3, 0.4) is 0 Å². The number of hydrogen-bond donors (Lipinski definition) is 0. The van der Waals surface area contributed by atoms with Gasteiger partial charge in [-0.15, -0.1) is 0 Å². The summed E-state index contributed by atoms with van der Waals surface area (Å²) in [5.41, 5.74) is 2.67. The number of carbonyl (C=O) groups is 1. The minimum atomic E-state index is -0.487. The Bertz CT molecular complexity index is 1330. The van der Waals surface area contributed by atoms with Gasteiger partial charge in [-0.2, -0.15) is 5.10 Å². The molecule has 1 amide bonds. The van der Waals surface area contributed by atoms with Gasteiger partial charge in [0, 0.05) is 11.6 Å². The SMILES string of the molecule is CCc1nn(-c2ccccc2)c(Oc2ccccc2F)c1CN(C(=O)c1ccc(F)cc1)C1CC1. The lowest BCUT2D eigenvalue weighted by atomic mass is 10.1. The van der Waals surface area contributed by atoms with E-state index in [4.69, 9.17) is 9.84 Å². The third-order valence-electron chi connectivity index (χ3n) is 6.07. The number of ether oxygens (including phenoxy) is 1. The summed E-state index contributed by atoms with van der Waals surface area (Å²) < 4.78 is 35.8. The maximum Gasteiger partial charge on any atom is 0.254 e. The number of halogens is 2. The Labute approximate surface area is 202 Å². The lowest BCUT2D eigenvalue weighted by Crippen LogP contribution is -2.33. The molecule has 0 saturated heterocycles. The number of rotatable bonds is 8. The highest BCUT2D eigenvalue weighted by Crippen LogP contribution is 2.36. The Balaban J connectivity index is 1.58. The van der Waals surface area contributed by atoms with E-state index in [2.05, 4.69) is 0 Å². The van der Waals surface area contributed by atoms with Crippen LogP contribution in [0, 0.1) is 11.6 Å². The normalized spacial score (nSPS) is 13.0. The van der Waals surface area contributed by atoms with Crippen LogP contribution in [0.25, 0.3) is 5.69 Å². The molecule has 7 heteroatoms. The first-order chi connectivity index (χ1) is 17.0. The maximum atomic E-state index is 14.6. The molecule has 35 heavy (non-hydrogen) atoms. The molecular formula is C28H25F2N3O2. The summed E-state index contributed by atoms with van der Waals surface area (Å²) in [5, 5.41) is 4.78. The molecule has 1 aliphatic rings. The van der Waals surface area contributed by atoms with Gasteiger partial charge < -0.3 is 9.64 Å². The van der Waals surface area contributed by atoms with Crippen LogP contribution in [0.4, 0.5) is 8.78 Å². The third kappa shape index (κ3) is 4.80. The van der Waals surface area contributed by atoms with Crippen LogP contribution in [-0.2, 0) is 13.0 Å². The van der Waals surface area contributed by atoms with Crippen molar-refractivity contribution in [3.8, 4) is 17.3 Å². The second-order valence-corrected chi connectivity index (χ2v) is 8.53. The van der Waals surface area contributed by atoms with E-state index in [1.54, 1.807) is 27.8 Å². The number of para-hydroxylation sites is 2. The fraction of sp³-hybridized carbons (Fsp3) is 0.214. The standard InChI is InChI=1S/C28H25F2N3O2/c1-2-25-23(18-32(21-16-17-21)27(34)19-12-14-20(29)15-13-19)28(35-26-11-7-6-10-24(26)30)33(31-25)22-8-4-3-5-9-22/h3-15,21H,2,16-18H2,1H3. The first-order valence-electron chi connectivity index (χ1n) is 11.7. The minimum absolute atomic E-state index is 0.0799. The molecule has 1 fully saturated rings. The molecule has 0 atom stereocenters. The van der Waals surface area contributed by atoms with Crippen LogP contribution in [-0.4, -0.2) is 26.6 Å². The van der Waals surface area contributed by atoms with Crippen LogP contribution in [0.5, 0.6) is 11.6 Å². The number of amides is 1. The van der Waals surface area contributed by atoms with E-state index in [0.717, 1.165) is 29.8 Å². The van der Waals surface area contributed by atoms with Gasteiger partial charge in [-0.05, 0) is 67.8 Å². The van der Waals surface area contributed by atoms with Crippen molar-refractivity contribution in [1.29, 1.82) is 0 Å². The van der Waals surface area contributed by atoms with Crippen molar-refractivity contribution in [2.75, 3.05) is 0 Å². The molecule has 0 radical (unpaired) electrons. The largest absolute Gasteiger partial charge is 0.435 e. The van der Waals surface area contributed by atoms with E-state index in [1.807, 2.05) is 37.3 Å². The first-order valence-corrected chi connectivity index (χ1v) is 11.7. The predicted octanol–water partition coefficient (Wildman–Crippen LogP) is 6.31. The van der Waals surface area contributed by atoms with Gasteiger partial charge in [0.15, 0.2) is 11.6 Å². The monoisotopic (exact) mass is 473 g/mol. The topological polar surface area (TPSA) is 47.4 Å². The highest BCUT2D eigenvalue weighted by atomic mass is 19.1. The molecule has 5 rings (SSSR count). The highest BCUT2D eigenvalue weighted by Gasteiger charge is 2.35. The Morgan fingerprint density at radius 3 is 2.34 bits per heavy atom. The van der Waals surface area contributed by atoms with Crippen molar-refractivity contribution in [2.45, 2.75) is 38.8 Å². The van der Waals surface area contributed by atoms with Crippen LogP contribution in [0.1, 0.15) is 41.4 Å². The quantitative estimate of drug-likeness (QED) is 0.301. The molecule has 0 N–H and O–H groups in total. The summed E-state index contributed by atoms with van der Waals surface area (Å²) >= 11 is 0. The van der Waals surface area contributed by atoms with Crippen molar-refractivity contribution in [1.82, 2.24) is 14.7 Å². The molecule has 1 aliphatic carbocycles. The Hall–Kier alpha value is -4.00. The fourth-order valence-corrected chi connectivity index (χ4v) is 4.08. The number of benzene rings is 3. The maximum absolute atomic E-state index is 14.6. The Morgan fingerprint density at radius 1 is 1.00 bits per heavy atom. The minimum Gasteiger partial charge on any atom is -0.435 e. The van der Waals surface area contributed by atoms with Crippen molar-refractivity contribution in [3.63, 3.8) is 0 Å². The van der Waals surface area contributed by atoms with E-state index in [0.29, 0.717) is 17.9 Å². The van der Waals surface area contributed by atoms with E-state index in [9.17, 15) is 13.6 Å². The van der Waals surface area contributed by atoms with Crippen LogP contribution >= 0.6 is 0 Å². The molecule has 3 aromatic carbocycles. The summed E-state index contributed by atoms with van der Waals surface area (Å²) in [6.07, 6.45) is 2.39. The zero-order valence-electron chi connectivity index (χ0n) is 19.3. The summed E-state index contributed by atoms with van der Waals surface area (Å²) in [5.74, 6) is -0.609. The van der Waals surface area contributed by atoms with Gasteiger partial charge in [-0.25, -0.2) is 13.5 Å². The summed E-state index contributed by atoms with van der Waals surface area (Å²) in [4.78, 5) is 15.2. The molecule has 1 aromatic heterocycles. The number of aryl methyl sites for hydroxylation is 1. The van der Waals surface area contributed by atoms with Gasteiger partial charge in [-0.3, -0.25) is 4.79 Å². The fourth-order valence-electron chi connectivity index (χ4n) is 4.08. The van der Waals surface area contributed by atoms with Crippen LogP contribution < -0.4 is 4.74 Å². The van der Waals surface area contributed by atoms with E-state index >= 15 is 0 Å². The Morgan fingerprint density at radius 2 is 1.69 bits per heavy atom. The molecule has 0 unspecified atom stereocenters. The zero-order chi connectivity index (χ0) is 24.4. The number of carbonyl (C=O) groups excluding carboxylic acids is 1. The van der Waals surface area contributed by atoms with Gasteiger partial charge in [0.1, 0.15) is 5.82 Å². The van der Waals surface area contributed by atoms with E-state index < -0.39 is 11.6 Å². The molecule has 5 nitrogen and oxygen atoms in total. The first kappa shape index (κ1) is 22.8. The molecule has 0 aliphatic heterocycles. The van der Waals surface area contributed by atoms with Gasteiger partial charge >= 0.3 is 0 Å². The highest BCUT2D eigenvalue weighted by molar-refractivity contribution is 5.94. The average molecular weight is 474 g/mol. The molecular weight excluding hydrogens is 448 g/mol. The zero-order valence-corrected chi connectivity index (χ0v) is 19.3. The average Bonchev–Trinajstić information content (AvgIpc) is 3.67. The summed E-state index contributed by atoms with van der Waals surface area (Å²) in [7, 11) is 0. The molecule has 4 aromatic rings. The smallest absolute Gasteiger partial charge is 0.254 e. The Kier molecular flexibility index (Phi) is 6.31. The van der Waals surface area contributed by atoms with Crippen molar-refractivity contribution in [2.24, 2.45) is 0 Å². The third-order valence-corrected chi connectivity index (χ3v) is 6.07. The van der Waals surface area contributed by atoms with Gasteiger partial charge in [-0.1, -0.05) is 37.3 Å². The predicted molar refractivity (Wildman–Crippen MR) is 129 cm³/mol. The molecule has 178 valence electrons. The van der Waals surface area contributed by atoms with Gasteiger partial charge in [0.25, 0.3) is 5.91 Å². The number of aromatic nitrogens is 2. The number of hydrogen-bond acceptors (Lipinski definition) is 3. The summed E-state index contributed by atoms with van der Waals surface area (Å²) in [6.45, 7) is 2.23. The van der Waals surface area contributed by atoms with Crippen LogP contribution in [0.15, 0.2) is 78.9 Å². The molecule has 1 heterocycles. The lowest BCUT2D eigenvalue weighted by molar-refractivity contribution is 0.0728. The van der Waals surface area contributed by atoms with Crippen LogP contribution in [0.2, 0.25) is 0 Å². The lowest BCUT2D eigenvalue weighted by Gasteiger charge is -2.23. The van der Waals surface area contributed by atoms with E-state index in [1.165, 1.54) is 30.3 Å². The van der Waals surface area contributed by atoms with Gasteiger partial charge in [0.2, 0.25) is 5.88 Å². The van der Waals surface area contributed by atoms with Gasteiger partial charge in [0.05, 0.1) is 23.5 Å². The number of nitrogens with zero attached hydrogens (tertiary/aromatic N) is 3. The van der Waals surface area contributed by atoms with Crippen molar-refractivity contribution < 1.29 is 18.3 Å². The van der Waals surface area contributed by atoms with Crippen molar-refractivity contribution in [3.05, 3.63) is 107 Å². The molecule has 0 bridgehead atoms. The second-order valence-electron chi connectivity index (χ2n) is 8.53. The van der Waals surface area contributed by atoms with Crippen molar-refractivity contribution >= 4 is 5.91 Å². The van der Waals surface area contributed by atoms with E-state index in [-0.39, 0.29) is 24.2 Å². The second kappa shape index (κ2) is 9.70. The molecule has 1 saturated carbocycles. The molecule has 0 spiro atoms.